The summed E-state index contributed by atoms with van der Waals surface area (Å²) in [4.78, 5) is 0. The first-order valence-corrected chi connectivity index (χ1v) is 3.67. The molecule has 0 aliphatic rings. The number of alkyl halides is 3. The lowest BCUT2D eigenvalue weighted by atomic mass is 10.3. The maximum atomic E-state index is 12.6. The molecule has 0 aliphatic carbocycles. The molecule has 0 N–H and O–H groups in total. The van der Waals surface area contributed by atoms with Crippen LogP contribution in [0.15, 0.2) is 12.1 Å². The second kappa shape index (κ2) is 4.81. The van der Waals surface area contributed by atoms with Crippen molar-refractivity contribution in [1.82, 2.24) is 0 Å². The maximum absolute atomic E-state index is 12.6. The van der Waals surface area contributed by atoms with Crippen LogP contribution in [0.5, 0.6) is 11.5 Å². The lowest BCUT2D eigenvalue weighted by Gasteiger charge is -2.10. The highest BCUT2D eigenvalue weighted by Crippen LogP contribution is 2.31. The standard InChI is InChI=1S/C8H5F5O2/c9-3-14-6-1-4(10)5(11)2-7(6)15-8(12)13/h1-2,8H,3H2. The van der Waals surface area contributed by atoms with Crippen LogP contribution in [0.25, 0.3) is 0 Å². The zero-order valence-electron chi connectivity index (χ0n) is 7.15. The molecule has 0 radical (unpaired) electrons. The fourth-order valence-electron chi connectivity index (χ4n) is 0.870. The molecule has 0 fully saturated rings. The third kappa shape index (κ3) is 2.97. The van der Waals surface area contributed by atoms with Crippen LogP contribution in [0, 0.1) is 11.6 Å². The van der Waals surface area contributed by atoms with E-state index in [-0.39, 0.29) is 0 Å². The second-order valence-corrected chi connectivity index (χ2v) is 2.35. The third-order valence-electron chi connectivity index (χ3n) is 1.41. The Labute approximate surface area is 81.2 Å². The molecular weight excluding hydrogens is 223 g/mol. The molecule has 1 aromatic rings. The second-order valence-electron chi connectivity index (χ2n) is 2.35. The van der Waals surface area contributed by atoms with E-state index in [9.17, 15) is 22.0 Å². The fraction of sp³-hybridized carbons (Fsp3) is 0.250. The SMILES string of the molecule is FCOc1cc(F)c(F)cc1OC(F)F. The van der Waals surface area contributed by atoms with Crippen LogP contribution in [-0.4, -0.2) is 13.5 Å². The van der Waals surface area contributed by atoms with Gasteiger partial charge in [0.2, 0.25) is 6.86 Å². The predicted octanol–water partition coefficient (Wildman–Crippen LogP) is 2.87. The number of rotatable bonds is 4. The van der Waals surface area contributed by atoms with E-state index in [2.05, 4.69) is 9.47 Å². The summed E-state index contributed by atoms with van der Waals surface area (Å²) in [5, 5.41) is 0. The Hall–Kier alpha value is -1.53. The summed E-state index contributed by atoms with van der Waals surface area (Å²) in [6, 6.07) is 0.777. The van der Waals surface area contributed by atoms with E-state index in [0.717, 1.165) is 0 Å². The normalized spacial score (nSPS) is 10.5. The van der Waals surface area contributed by atoms with E-state index in [1.807, 2.05) is 0 Å². The average molecular weight is 228 g/mol. The minimum Gasteiger partial charge on any atom is -0.459 e. The molecule has 0 saturated carbocycles. The van der Waals surface area contributed by atoms with E-state index in [1.54, 1.807) is 0 Å². The zero-order valence-corrected chi connectivity index (χ0v) is 7.15. The molecule has 0 amide bonds. The van der Waals surface area contributed by atoms with Crippen molar-refractivity contribution in [3.8, 4) is 11.5 Å². The molecule has 1 rings (SSSR count). The summed E-state index contributed by atoms with van der Waals surface area (Å²) >= 11 is 0. The van der Waals surface area contributed by atoms with Gasteiger partial charge < -0.3 is 9.47 Å². The van der Waals surface area contributed by atoms with Crippen molar-refractivity contribution in [2.45, 2.75) is 6.61 Å². The van der Waals surface area contributed by atoms with Gasteiger partial charge in [-0.15, -0.1) is 0 Å². The van der Waals surface area contributed by atoms with Gasteiger partial charge in [-0.1, -0.05) is 0 Å². The molecule has 0 aliphatic heterocycles. The summed E-state index contributed by atoms with van der Waals surface area (Å²) in [6.45, 7) is -4.61. The minimum atomic E-state index is -3.24. The molecule has 2 nitrogen and oxygen atoms in total. The fourth-order valence-corrected chi connectivity index (χ4v) is 0.870. The van der Waals surface area contributed by atoms with Crippen LogP contribution in [-0.2, 0) is 0 Å². The molecule has 1 aromatic carbocycles. The number of hydrogen-bond donors (Lipinski definition) is 0. The molecule has 0 atom stereocenters. The summed E-state index contributed by atoms with van der Waals surface area (Å²) < 4.78 is 68.5. The van der Waals surface area contributed by atoms with Gasteiger partial charge in [0.15, 0.2) is 23.1 Å². The first-order chi connectivity index (χ1) is 7.04. The Morgan fingerprint density at radius 3 is 2.07 bits per heavy atom. The molecule has 84 valence electrons. The van der Waals surface area contributed by atoms with Crippen molar-refractivity contribution in [1.29, 1.82) is 0 Å². The van der Waals surface area contributed by atoms with Crippen LogP contribution < -0.4 is 9.47 Å². The summed E-state index contributed by atoms with van der Waals surface area (Å²) in [5.41, 5.74) is 0. The predicted molar refractivity (Wildman–Crippen MR) is 39.6 cm³/mol. The van der Waals surface area contributed by atoms with Crippen LogP contribution in [0.1, 0.15) is 0 Å². The molecule has 15 heavy (non-hydrogen) atoms. The molecule has 0 spiro atoms. The molecule has 0 saturated heterocycles. The van der Waals surface area contributed by atoms with Gasteiger partial charge in [-0.2, -0.15) is 8.78 Å². The van der Waals surface area contributed by atoms with Crippen molar-refractivity contribution in [2.75, 3.05) is 6.86 Å². The van der Waals surface area contributed by atoms with E-state index in [1.165, 1.54) is 0 Å². The van der Waals surface area contributed by atoms with Crippen LogP contribution in [0.4, 0.5) is 22.0 Å². The van der Waals surface area contributed by atoms with Crippen LogP contribution in [0.3, 0.4) is 0 Å². The van der Waals surface area contributed by atoms with E-state index in [0.29, 0.717) is 12.1 Å². The summed E-state index contributed by atoms with van der Waals surface area (Å²) in [6.07, 6.45) is 0. The van der Waals surface area contributed by atoms with Gasteiger partial charge in [-0.05, 0) is 0 Å². The Morgan fingerprint density at radius 2 is 1.60 bits per heavy atom. The van der Waals surface area contributed by atoms with Crippen molar-refractivity contribution >= 4 is 0 Å². The van der Waals surface area contributed by atoms with Crippen LogP contribution in [0.2, 0.25) is 0 Å². The van der Waals surface area contributed by atoms with Crippen molar-refractivity contribution in [3.05, 3.63) is 23.8 Å². The Bertz CT molecular complexity index is 342. The van der Waals surface area contributed by atoms with Gasteiger partial charge in [0.05, 0.1) is 0 Å². The monoisotopic (exact) mass is 228 g/mol. The summed E-state index contributed by atoms with van der Waals surface area (Å²) in [7, 11) is 0. The third-order valence-corrected chi connectivity index (χ3v) is 1.41. The Balaban J connectivity index is 3.04. The number of halogens is 5. The smallest absolute Gasteiger partial charge is 0.387 e. The van der Waals surface area contributed by atoms with Gasteiger partial charge in [0.25, 0.3) is 0 Å². The minimum absolute atomic E-state index is 0.354. The highest BCUT2D eigenvalue weighted by atomic mass is 19.3. The maximum Gasteiger partial charge on any atom is 0.387 e. The van der Waals surface area contributed by atoms with Crippen molar-refractivity contribution in [2.24, 2.45) is 0 Å². The first-order valence-electron chi connectivity index (χ1n) is 3.67. The van der Waals surface area contributed by atoms with Crippen molar-refractivity contribution < 1.29 is 31.4 Å². The van der Waals surface area contributed by atoms with Crippen LogP contribution >= 0.6 is 0 Å². The zero-order chi connectivity index (χ0) is 11.4. The Kier molecular flexibility index (Phi) is 3.70. The van der Waals surface area contributed by atoms with E-state index < -0.39 is 36.6 Å². The van der Waals surface area contributed by atoms with E-state index >= 15 is 0 Å². The topological polar surface area (TPSA) is 18.5 Å². The number of hydrogen-bond acceptors (Lipinski definition) is 2. The van der Waals surface area contributed by atoms with Gasteiger partial charge in [-0.25, -0.2) is 13.2 Å². The van der Waals surface area contributed by atoms with Gasteiger partial charge in [-0.3, -0.25) is 0 Å². The molecule has 7 heteroatoms. The largest absolute Gasteiger partial charge is 0.459 e. The van der Waals surface area contributed by atoms with E-state index in [4.69, 9.17) is 0 Å². The quantitative estimate of drug-likeness (QED) is 0.737. The van der Waals surface area contributed by atoms with Gasteiger partial charge >= 0.3 is 6.61 Å². The first kappa shape index (κ1) is 11.5. The highest BCUT2D eigenvalue weighted by Gasteiger charge is 2.15. The highest BCUT2D eigenvalue weighted by molar-refractivity contribution is 5.40. The lowest BCUT2D eigenvalue weighted by molar-refractivity contribution is -0.0522. The molecular formula is C8H5F5O2. The lowest BCUT2D eigenvalue weighted by Crippen LogP contribution is -2.05. The molecule has 0 bridgehead atoms. The average Bonchev–Trinajstić information content (AvgIpc) is 2.13. The number of ether oxygens (including phenoxy) is 2. The number of benzene rings is 1. The molecule has 0 unspecified atom stereocenters. The van der Waals surface area contributed by atoms with Gasteiger partial charge in [0, 0.05) is 12.1 Å². The summed E-state index contributed by atoms with van der Waals surface area (Å²) in [5.74, 6) is -4.13. The van der Waals surface area contributed by atoms with Gasteiger partial charge in [0.1, 0.15) is 0 Å². The Morgan fingerprint density at radius 1 is 1.07 bits per heavy atom. The molecule has 0 aromatic heterocycles. The molecule has 0 heterocycles. The van der Waals surface area contributed by atoms with Crippen molar-refractivity contribution in [3.63, 3.8) is 0 Å².